The van der Waals surface area contributed by atoms with E-state index in [2.05, 4.69) is 26.9 Å². The van der Waals surface area contributed by atoms with Gasteiger partial charge in [-0.2, -0.15) is 0 Å². The molecular formula is C13H14BrNO3. The Morgan fingerprint density at radius 3 is 3.11 bits per heavy atom. The predicted molar refractivity (Wildman–Crippen MR) is 70.9 cm³/mol. The third-order valence-electron chi connectivity index (χ3n) is 3.74. The van der Waals surface area contributed by atoms with Gasteiger partial charge in [-0.1, -0.05) is 22.0 Å². The summed E-state index contributed by atoms with van der Waals surface area (Å²) in [7, 11) is 0. The summed E-state index contributed by atoms with van der Waals surface area (Å²) in [5.74, 6) is -1.11. The van der Waals surface area contributed by atoms with Gasteiger partial charge in [-0.25, -0.2) is 0 Å². The number of halogens is 1. The van der Waals surface area contributed by atoms with Gasteiger partial charge in [0.2, 0.25) is 0 Å². The lowest BCUT2D eigenvalue weighted by Crippen LogP contribution is -2.54. The average Bonchev–Trinajstić information content (AvgIpc) is 2.37. The van der Waals surface area contributed by atoms with Gasteiger partial charge in [0.25, 0.3) is 0 Å². The van der Waals surface area contributed by atoms with E-state index in [1.807, 2.05) is 12.1 Å². The minimum absolute atomic E-state index is 0.0435. The molecule has 2 heterocycles. The molecule has 4 nitrogen and oxygen atoms in total. The Hall–Kier alpha value is -1.07. The highest BCUT2D eigenvalue weighted by Crippen LogP contribution is 2.37. The molecule has 1 N–H and O–H groups in total. The number of fused-ring (bicyclic) bond motifs is 3. The number of anilines is 1. The van der Waals surface area contributed by atoms with Crippen molar-refractivity contribution in [2.24, 2.45) is 5.92 Å². The van der Waals surface area contributed by atoms with Gasteiger partial charge in [0, 0.05) is 16.7 Å². The number of carboxylic acid groups (broad SMARTS) is 1. The number of aliphatic carboxylic acids is 1. The van der Waals surface area contributed by atoms with Gasteiger partial charge in [-0.05, 0) is 24.1 Å². The van der Waals surface area contributed by atoms with E-state index in [9.17, 15) is 9.90 Å². The standard InChI is InChI=1S/C13H14BrNO3/c14-9-2-1-8-5-10(13(16)17)12-7-18-4-3-15(12)11(8)6-9/h1-2,6,10,12H,3-5,7H2,(H,16,17). The first-order valence-corrected chi connectivity index (χ1v) is 6.82. The summed E-state index contributed by atoms with van der Waals surface area (Å²) in [6.45, 7) is 1.93. The zero-order chi connectivity index (χ0) is 12.7. The third kappa shape index (κ3) is 1.91. The number of hydrogen-bond acceptors (Lipinski definition) is 3. The Labute approximate surface area is 114 Å². The monoisotopic (exact) mass is 311 g/mol. The van der Waals surface area contributed by atoms with E-state index < -0.39 is 5.97 Å². The lowest BCUT2D eigenvalue weighted by Gasteiger charge is -2.44. The highest BCUT2D eigenvalue weighted by Gasteiger charge is 2.40. The van der Waals surface area contributed by atoms with Crippen molar-refractivity contribution in [3.05, 3.63) is 28.2 Å². The van der Waals surface area contributed by atoms with Crippen molar-refractivity contribution in [1.29, 1.82) is 0 Å². The van der Waals surface area contributed by atoms with Gasteiger partial charge in [0.05, 0.1) is 25.2 Å². The number of rotatable bonds is 1. The van der Waals surface area contributed by atoms with Crippen LogP contribution in [0.1, 0.15) is 5.56 Å². The lowest BCUT2D eigenvalue weighted by atomic mass is 9.85. The maximum absolute atomic E-state index is 11.4. The lowest BCUT2D eigenvalue weighted by molar-refractivity contribution is -0.143. The Kier molecular flexibility index (Phi) is 3.03. The van der Waals surface area contributed by atoms with Crippen molar-refractivity contribution in [3.63, 3.8) is 0 Å². The van der Waals surface area contributed by atoms with Crippen molar-refractivity contribution in [2.75, 3.05) is 24.7 Å². The molecule has 2 unspecified atom stereocenters. The molecule has 2 aliphatic rings. The van der Waals surface area contributed by atoms with Crippen LogP contribution in [-0.4, -0.2) is 36.9 Å². The van der Waals surface area contributed by atoms with Crippen LogP contribution in [0.4, 0.5) is 5.69 Å². The van der Waals surface area contributed by atoms with Crippen LogP contribution >= 0.6 is 15.9 Å². The summed E-state index contributed by atoms with van der Waals surface area (Å²) in [5.41, 5.74) is 2.26. The van der Waals surface area contributed by atoms with E-state index in [4.69, 9.17) is 4.74 Å². The minimum Gasteiger partial charge on any atom is -0.481 e. The van der Waals surface area contributed by atoms with E-state index >= 15 is 0 Å². The van der Waals surface area contributed by atoms with E-state index in [1.54, 1.807) is 0 Å². The molecule has 18 heavy (non-hydrogen) atoms. The van der Waals surface area contributed by atoms with Crippen LogP contribution in [0, 0.1) is 5.92 Å². The largest absolute Gasteiger partial charge is 0.481 e. The number of hydrogen-bond donors (Lipinski definition) is 1. The van der Waals surface area contributed by atoms with E-state index in [0.29, 0.717) is 19.6 Å². The van der Waals surface area contributed by atoms with Crippen LogP contribution in [0.25, 0.3) is 0 Å². The van der Waals surface area contributed by atoms with Gasteiger partial charge in [0.15, 0.2) is 0 Å². The summed E-state index contributed by atoms with van der Waals surface area (Å²) >= 11 is 3.48. The second kappa shape index (κ2) is 4.55. The van der Waals surface area contributed by atoms with Gasteiger partial charge < -0.3 is 14.7 Å². The predicted octanol–water partition coefficient (Wildman–Crippen LogP) is 1.91. The quantitative estimate of drug-likeness (QED) is 0.861. The van der Waals surface area contributed by atoms with Crippen LogP contribution in [-0.2, 0) is 16.0 Å². The number of benzene rings is 1. The molecule has 0 radical (unpaired) electrons. The Morgan fingerprint density at radius 1 is 1.50 bits per heavy atom. The van der Waals surface area contributed by atoms with Crippen molar-refractivity contribution < 1.29 is 14.6 Å². The van der Waals surface area contributed by atoms with Crippen LogP contribution in [0.15, 0.2) is 22.7 Å². The second-order valence-corrected chi connectivity index (χ2v) is 5.67. The third-order valence-corrected chi connectivity index (χ3v) is 4.24. The first kappa shape index (κ1) is 12.0. The molecule has 0 amide bonds. The van der Waals surface area contributed by atoms with E-state index in [-0.39, 0.29) is 12.0 Å². The average molecular weight is 312 g/mol. The molecule has 0 bridgehead atoms. The molecule has 2 aliphatic heterocycles. The zero-order valence-corrected chi connectivity index (χ0v) is 11.4. The van der Waals surface area contributed by atoms with Gasteiger partial charge >= 0.3 is 5.97 Å². The number of carboxylic acids is 1. The van der Waals surface area contributed by atoms with E-state index in [1.165, 1.54) is 0 Å². The summed E-state index contributed by atoms with van der Waals surface area (Å²) in [5, 5.41) is 9.37. The van der Waals surface area contributed by atoms with Crippen LogP contribution in [0.2, 0.25) is 0 Å². The number of ether oxygens (including phenoxy) is 1. The summed E-state index contributed by atoms with van der Waals surface area (Å²) in [6, 6.07) is 6.02. The van der Waals surface area contributed by atoms with Crippen molar-refractivity contribution in [2.45, 2.75) is 12.5 Å². The van der Waals surface area contributed by atoms with Gasteiger partial charge in [0.1, 0.15) is 0 Å². The highest BCUT2D eigenvalue weighted by atomic mass is 79.9. The Balaban J connectivity index is 2.05. The second-order valence-electron chi connectivity index (χ2n) is 4.76. The summed E-state index contributed by atoms with van der Waals surface area (Å²) in [6.07, 6.45) is 0.586. The summed E-state index contributed by atoms with van der Waals surface area (Å²) in [4.78, 5) is 13.6. The molecule has 5 heteroatoms. The molecule has 1 aromatic carbocycles. The van der Waals surface area contributed by atoms with Crippen molar-refractivity contribution >= 4 is 27.6 Å². The molecule has 1 saturated heterocycles. The molecule has 1 aromatic rings. The molecule has 0 saturated carbocycles. The zero-order valence-electron chi connectivity index (χ0n) is 9.80. The number of nitrogens with zero attached hydrogens (tertiary/aromatic N) is 1. The first-order valence-electron chi connectivity index (χ1n) is 6.02. The van der Waals surface area contributed by atoms with Crippen LogP contribution < -0.4 is 4.90 Å². The molecule has 0 aliphatic carbocycles. The van der Waals surface area contributed by atoms with E-state index in [0.717, 1.165) is 22.3 Å². The maximum Gasteiger partial charge on any atom is 0.309 e. The molecular weight excluding hydrogens is 298 g/mol. The molecule has 1 fully saturated rings. The molecule has 96 valence electrons. The topological polar surface area (TPSA) is 49.8 Å². The smallest absolute Gasteiger partial charge is 0.309 e. The highest BCUT2D eigenvalue weighted by molar-refractivity contribution is 9.10. The molecule has 3 rings (SSSR count). The summed E-state index contributed by atoms with van der Waals surface area (Å²) < 4.78 is 6.48. The van der Waals surface area contributed by atoms with Gasteiger partial charge in [-0.3, -0.25) is 4.79 Å². The first-order chi connectivity index (χ1) is 8.66. The molecule has 0 spiro atoms. The normalized spacial score (nSPS) is 26.4. The van der Waals surface area contributed by atoms with Crippen LogP contribution in [0.5, 0.6) is 0 Å². The van der Waals surface area contributed by atoms with Gasteiger partial charge in [-0.15, -0.1) is 0 Å². The van der Waals surface area contributed by atoms with Crippen LogP contribution in [0.3, 0.4) is 0 Å². The number of carbonyl (C=O) groups is 1. The fourth-order valence-electron chi connectivity index (χ4n) is 2.86. The Morgan fingerprint density at radius 2 is 2.33 bits per heavy atom. The van der Waals surface area contributed by atoms with Crippen molar-refractivity contribution in [3.8, 4) is 0 Å². The Bertz CT molecular complexity index is 491. The van der Waals surface area contributed by atoms with Crippen molar-refractivity contribution in [1.82, 2.24) is 0 Å². The SMILES string of the molecule is O=C(O)C1Cc2ccc(Br)cc2N2CCOCC12. The molecule has 2 atom stereocenters. The maximum atomic E-state index is 11.4. The number of morpholine rings is 1. The fraction of sp³-hybridized carbons (Fsp3) is 0.462. The molecule has 0 aromatic heterocycles. The fourth-order valence-corrected chi connectivity index (χ4v) is 3.21. The minimum atomic E-state index is -0.732.